The summed E-state index contributed by atoms with van der Waals surface area (Å²) >= 11 is 1.09. The summed E-state index contributed by atoms with van der Waals surface area (Å²) in [6.45, 7) is 1.58. The van der Waals surface area contributed by atoms with Gasteiger partial charge in [0.25, 0.3) is 11.6 Å². The van der Waals surface area contributed by atoms with Crippen molar-refractivity contribution in [2.24, 2.45) is 12.1 Å². The lowest BCUT2D eigenvalue weighted by Gasteiger charge is -2.21. The molecular formula is C21H19N7O5S. The molecular weight excluding hydrogens is 462 g/mol. The molecule has 1 aromatic heterocycles. The molecule has 0 saturated carbocycles. The molecule has 34 heavy (non-hydrogen) atoms. The van der Waals surface area contributed by atoms with E-state index in [4.69, 9.17) is 4.74 Å². The number of benzene rings is 2. The van der Waals surface area contributed by atoms with Crippen molar-refractivity contribution in [3.05, 3.63) is 70.0 Å². The minimum atomic E-state index is -1.32. The summed E-state index contributed by atoms with van der Waals surface area (Å²) in [6.07, 6.45) is 2.72. The second kappa shape index (κ2) is 8.94. The Kier molecular flexibility index (Phi) is 6.03. The molecule has 0 bridgehead atoms. The lowest BCUT2D eigenvalue weighted by atomic mass is 9.92. The van der Waals surface area contributed by atoms with Gasteiger partial charge < -0.3 is 14.6 Å². The number of aromatic nitrogens is 3. The average molecular weight is 481 g/mol. The number of ether oxygens (including phenoxy) is 1. The summed E-state index contributed by atoms with van der Waals surface area (Å²) in [4.78, 5) is 37.0. The fourth-order valence-corrected chi connectivity index (χ4v) is 4.13. The lowest BCUT2D eigenvalue weighted by molar-refractivity contribution is -0.387. The summed E-state index contributed by atoms with van der Waals surface area (Å²) in [7, 11) is 3.26. The lowest BCUT2D eigenvalue weighted by Crippen LogP contribution is -2.40. The van der Waals surface area contributed by atoms with Crippen molar-refractivity contribution >= 4 is 35.6 Å². The minimum Gasteiger partial charge on any atom is -0.497 e. The summed E-state index contributed by atoms with van der Waals surface area (Å²) in [5.41, 5.74) is -0.585. The molecule has 0 spiro atoms. The predicted molar refractivity (Wildman–Crippen MR) is 122 cm³/mol. The highest BCUT2D eigenvalue weighted by Gasteiger charge is 2.49. The third-order valence-corrected chi connectivity index (χ3v) is 6.33. The Hall–Kier alpha value is -4.26. The fraction of sp³-hybridized carbons (Fsp3) is 0.190. The van der Waals surface area contributed by atoms with E-state index in [1.807, 2.05) is 0 Å². The van der Waals surface area contributed by atoms with E-state index in [-0.39, 0.29) is 5.69 Å². The van der Waals surface area contributed by atoms with Crippen LogP contribution in [-0.2, 0) is 17.4 Å². The van der Waals surface area contributed by atoms with E-state index >= 15 is 0 Å². The number of nitrogens with zero attached hydrogens (tertiary/aromatic N) is 6. The Bertz CT molecular complexity index is 1310. The maximum Gasteiger partial charge on any atom is 0.346 e. The van der Waals surface area contributed by atoms with Gasteiger partial charge in [-0.3, -0.25) is 14.9 Å². The van der Waals surface area contributed by atoms with E-state index in [0.717, 1.165) is 11.8 Å². The van der Waals surface area contributed by atoms with Gasteiger partial charge in [-0.05, 0) is 42.4 Å². The number of nitro groups is 1. The van der Waals surface area contributed by atoms with Gasteiger partial charge in [0.2, 0.25) is 0 Å². The summed E-state index contributed by atoms with van der Waals surface area (Å²) in [6, 6.07) is 10.5. The number of aryl methyl sites for hydroxylation is 1. The molecule has 3 amide bonds. The highest BCUT2D eigenvalue weighted by Crippen LogP contribution is 2.34. The first-order valence-corrected chi connectivity index (χ1v) is 10.7. The summed E-state index contributed by atoms with van der Waals surface area (Å²) in [5, 5.41) is 27.1. The van der Waals surface area contributed by atoms with Gasteiger partial charge >= 0.3 is 6.03 Å². The SMILES string of the molecule is COc1ccc(C2(C)NC(=O)N(/N=C/c3ccc(Sc4nncn4C)c([N+](=O)[O-])c3)C2=O)cc1. The minimum absolute atomic E-state index is 0.169. The van der Waals surface area contributed by atoms with Gasteiger partial charge in [-0.2, -0.15) is 5.10 Å². The molecule has 1 unspecified atom stereocenters. The molecule has 2 aromatic carbocycles. The maximum atomic E-state index is 13.0. The van der Waals surface area contributed by atoms with E-state index in [1.54, 1.807) is 54.9 Å². The Balaban J connectivity index is 1.57. The number of hydrogen-bond donors (Lipinski definition) is 1. The normalized spacial score (nSPS) is 17.9. The number of nitro benzene ring substituents is 1. The van der Waals surface area contributed by atoms with Gasteiger partial charge in [-0.1, -0.05) is 18.2 Å². The molecule has 174 valence electrons. The van der Waals surface area contributed by atoms with E-state index in [9.17, 15) is 19.7 Å². The molecule has 1 atom stereocenters. The van der Waals surface area contributed by atoms with Crippen LogP contribution in [0.3, 0.4) is 0 Å². The van der Waals surface area contributed by atoms with Gasteiger partial charge in [-0.15, -0.1) is 15.2 Å². The van der Waals surface area contributed by atoms with Crippen molar-refractivity contribution in [3.8, 4) is 5.75 Å². The molecule has 1 fully saturated rings. The van der Waals surface area contributed by atoms with Crippen LogP contribution in [-0.4, -0.2) is 50.0 Å². The number of methoxy groups -OCH3 is 1. The molecule has 4 rings (SSSR count). The van der Waals surface area contributed by atoms with Crippen molar-refractivity contribution in [2.75, 3.05) is 7.11 Å². The van der Waals surface area contributed by atoms with Crippen molar-refractivity contribution in [2.45, 2.75) is 22.5 Å². The van der Waals surface area contributed by atoms with Gasteiger partial charge in [0.1, 0.15) is 17.6 Å². The molecule has 1 saturated heterocycles. The molecule has 0 radical (unpaired) electrons. The highest BCUT2D eigenvalue weighted by molar-refractivity contribution is 7.99. The van der Waals surface area contributed by atoms with Crippen LogP contribution in [0.15, 0.2) is 63.9 Å². The second-order valence-electron chi connectivity index (χ2n) is 7.46. The number of rotatable bonds is 7. The number of carbonyl (C=O) groups excluding carboxylic acids is 2. The van der Waals surface area contributed by atoms with Crippen LogP contribution in [0.1, 0.15) is 18.1 Å². The Morgan fingerprint density at radius 1 is 1.24 bits per heavy atom. The Labute approximate surface area is 197 Å². The van der Waals surface area contributed by atoms with Gasteiger partial charge in [0.05, 0.1) is 23.1 Å². The van der Waals surface area contributed by atoms with E-state index in [1.165, 1.54) is 25.7 Å². The predicted octanol–water partition coefficient (Wildman–Crippen LogP) is 2.68. The molecule has 12 nitrogen and oxygen atoms in total. The third-order valence-electron chi connectivity index (χ3n) is 5.21. The molecule has 3 aromatic rings. The van der Waals surface area contributed by atoms with Crippen molar-refractivity contribution in [1.82, 2.24) is 25.1 Å². The highest BCUT2D eigenvalue weighted by atomic mass is 32.2. The molecule has 2 heterocycles. The summed E-state index contributed by atoms with van der Waals surface area (Å²) in [5.74, 6) is 0.0317. The first-order chi connectivity index (χ1) is 16.2. The quantitative estimate of drug-likeness (QED) is 0.235. The van der Waals surface area contributed by atoms with Crippen molar-refractivity contribution in [1.29, 1.82) is 0 Å². The van der Waals surface area contributed by atoms with Crippen LogP contribution in [0.5, 0.6) is 5.75 Å². The van der Waals surface area contributed by atoms with Gasteiger partial charge in [0, 0.05) is 18.7 Å². The largest absolute Gasteiger partial charge is 0.497 e. The van der Waals surface area contributed by atoms with Gasteiger partial charge in [-0.25, -0.2) is 4.79 Å². The zero-order valence-corrected chi connectivity index (χ0v) is 19.1. The topological polar surface area (TPSA) is 145 Å². The third kappa shape index (κ3) is 4.20. The first-order valence-electron chi connectivity index (χ1n) is 9.88. The van der Waals surface area contributed by atoms with Crippen LogP contribution < -0.4 is 10.1 Å². The van der Waals surface area contributed by atoms with Crippen LogP contribution in [0.4, 0.5) is 10.5 Å². The summed E-state index contributed by atoms with van der Waals surface area (Å²) < 4.78 is 6.77. The Morgan fingerprint density at radius 3 is 2.59 bits per heavy atom. The average Bonchev–Trinajstić information content (AvgIpc) is 3.32. The number of imide groups is 1. The molecule has 1 aliphatic rings. The zero-order chi connectivity index (χ0) is 24.5. The monoisotopic (exact) mass is 481 g/mol. The van der Waals surface area contributed by atoms with E-state index in [2.05, 4.69) is 20.6 Å². The number of carbonyl (C=O) groups is 2. The number of hydrazone groups is 1. The fourth-order valence-electron chi connectivity index (χ4n) is 3.28. The smallest absolute Gasteiger partial charge is 0.346 e. The number of amides is 3. The number of urea groups is 1. The Morgan fingerprint density at radius 2 is 1.97 bits per heavy atom. The molecule has 1 aliphatic heterocycles. The van der Waals surface area contributed by atoms with Crippen molar-refractivity contribution in [3.63, 3.8) is 0 Å². The number of nitrogens with one attached hydrogen (secondary N) is 1. The van der Waals surface area contributed by atoms with Crippen LogP contribution in [0, 0.1) is 10.1 Å². The van der Waals surface area contributed by atoms with Crippen molar-refractivity contribution < 1.29 is 19.2 Å². The second-order valence-corrected chi connectivity index (χ2v) is 8.47. The van der Waals surface area contributed by atoms with Crippen LogP contribution in [0.25, 0.3) is 0 Å². The van der Waals surface area contributed by atoms with E-state index in [0.29, 0.717) is 31.9 Å². The zero-order valence-electron chi connectivity index (χ0n) is 18.3. The van der Waals surface area contributed by atoms with Crippen LogP contribution in [0.2, 0.25) is 0 Å². The standard InChI is InChI=1S/C21H19N7O5S/c1-21(14-5-7-15(33-3)8-6-14)18(29)27(19(30)24-21)23-11-13-4-9-17(16(10-13)28(31)32)34-20-25-22-12-26(20)2/h4-12H,1-3H3,(H,24,30)/b23-11+. The first kappa shape index (κ1) is 22.9. The molecule has 0 aliphatic carbocycles. The number of hydrogen-bond acceptors (Lipinski definition) is 9. The van der Waals surface area contributed by atoms with E-state index < -0.39 is 22.4 Å². The van der Waals surface area contributed by atoms with Crippen LogP contribution >= 0.6 is 11.8 Å². The van der Waals surface area contributed by atoms with Gasteiger partial charge in [0.15, 0.2) is 5.16 Å². The molecule has 13 heteroatoms. The maximum absolute atomic E-state index is 13.0. The molecule has 1 N–H and O–H groups in total.